The van der Waals surface area contributed by atoms with Crippen LogP contribution in [0.5, 0.6) is 5.75 Å². The van der Waals surface area contributed by atoms with Crippen LogP contribution >= 0.6 is 0 Å². The Morgan fingerprint density at radius 2 is 1.83 bits per heavy atom. The second kappa shape index (κ2) is 5.12. The zero-order valence-corrected chi connectivity index (χ0v) is 11.1. The number of nitrogen functional groups attached to an aromatic ring is 1. The maximum Gasteiger partial charge on any atom is 0.145 e. The van der Waals surface area contributed by atoms with Crippen molar-refractivity contribution >= 4 is 5.82 Å². The average molecular weight is 245 g/mol. The van der Waals surface area contributed by atoms with E-state index >= 15 is 0 Å². The lowest BCUT2D eigenvalue weighted by Gasteiger charge is -2.11. The van der Waals surface area contributed by atoms with Crippen LogP contribution in [0.1, 0.15) is 22.4 Å². The van der Waals surface area contributed by atoms with Crippen LogP contribution in [0, 0.1) is 20.8 Å². The fraction of sp³-hybridized carbons (Fsp3) is 0.357. The van der Waals surface area contributed by atoms with Crippen LogP contribution in [0.2, 0.25) is 0 Å². The molecule has 0 aliphatic heterocycles. The van der Waals surface area contributed by atoms with E-state index in [0.717, 1.165) is 17.9 Å². The molecule has 0 radical (unpaired) electrons. The van der Waals surface area contributed by atoms with Gasteiger partial charge in [0.2, 0.25) is 0 Å². The first kappa shape index (κ1) is 12.5. The van der Waals surface area contributed by atoms with Crippen molar-refractivity contribution in [3.8, 4) is 5.75 Å². The van der Waals surface area contributed by atoms with E-state index in [4.69, 9.17) is 10.5 Å². The highest BCUT2D eigenvalue weighted by molar-refractivity contribution is 5.40. The van der Waals surface area contributed by atoms with Gasteiger partial charge in [0, 0.05) is 18.2 Å². The van der Waals surface area contributed by atoms with Crippen molar-refractivity contribution in [3.05, 3.63) is 40.6 Å². The van der Waals surface area contributed by atoms with Gasteiger partial charge in [-0.3, -0.25) is 5.10 Å². The van der Waals surface area contributed by atoms with E-state index in [0.29, 0.717) is 12.4 Å². The number of benzene rings is 1. The zero-order chi connectivity index (χ0) is 13.1. The summed E-state index contributed by atoms with van der Waals surface area (Å²) in [6, 6.07) is 6.07. The molecular weight excluding hydrogens is 226 g/mol. The summed E-state index contributed by atoms with van der Waals surface area (Å²) in [5.74, 6) is 1.47. The monoisotopic (exact) mass is 245 g/mol. The summed E-state index contributed by atoms with van der Waals surface area (Å²) in [4.78, 5) is 0. The van der Waals surface area contributed by atoms with Gasteiger partial charge in [-0.15, -0.1) is 0 Å². The fourth-order valence-electron chi connectivity index (χ4n) is 1.87. The molecular formula is C14H19N3O. The van der Waals surface area contributed by atoms with Gasteiger partial charge in [0.25, 0.3) is 0 Å². The summed E-state index contributed by atoms with van der Waals surface area (Å²) in [5.41, 5.74) is 10.2. The van der Waals surface area contributed by atoms with Gasteiger partial charge in [0.05, 0.1) is 6.61 Å². The smallest absolute Gasteiger partial charge is 0.145 e. The lowest BCUT2D eigenvalue weighted by Crippen LogP contribution is -2.03. The molecule has 4 heteroatoms. The van der Waals surface area contributed by atoms with Crippen LogP contribution in [0.3, 0.4) is 0 Å². The molecule has 1 heterocycles. The molecule has 0 saturated heterocycles. The Bertz CT molecular complexity index is 546. The SMILES string of the molecule is Cc1cc(C)c(OCCc2cc(N)n[nH]2)cc1C. The molecule has 0 spiro atoms. The molecule has 2 aromatic rings. The predicted molar refractivity (Wildman–Crippen MR) is 72.9 cm³/mol. The van der Waals surface area contributed by atoms with E-state index in [1.54, 1.807) is 0 Å². The number of anilines is 1. The van der Waals surface area contributed by atoms with E-state index in [2.05, 4.69) is 43.1 Å². The van der Waals surface area contributed by atoms with Crippen molar-refractivity contribution in [2.45, 2.75) is 27.2 Å². The minimum Gasteiger partial charge on any atom is -0.493 e. The summed E-state index contributed by atoms with van der Waals surface area (Å²) in [6.45, 7) is 6.89. The molecule has 0 unspecified atom stereocenters. The Balaban J connectivity index is 1.96. The Labute approximate surface area is 107 Å². The van der Waals surface area contributed by atoms with Crippen molar-refractivity contribution in [1.29, 1.82) is 0 Å². The molecule has 0 aliphatic rings. The average Bonchev–Trinajstić information content (AvgIpc) is 2.71. The Morgan fingerprint density at radius 3 is 2.50 bits per heavy atom. The lowest BCUT2D eigenvalue weighted by molar-refractivity contribution is 0.318. The van der Waals surface area contributed by atoms with Crippen LogP contribution in [-0.2, 0) is 6.42 Å². The van der Waals surface area contributed by atoms with E-state index in [1.807, 2.05) is 6.07 Å². The third kappa shape index (κ3) is 2.83. The number of rotatable bonds is 4. The molecule has 0 aliphatic carbocycles. The van der Waals surface area contributed by atoms with E-state index < -0.39 is 0 Å². The minimum absolute atomic E-state index is 0.521. The highest BCUT2D eigenvalue weighted by atomic mass is 16.5. The molecule has 2 rings (SSSR count). The van der Waals surface area contributed by atoms with Gasteiger partial charge in [-0.25, -0.2) is 0 Å². The topological polar surface area (TPSA) is 63.9 Å². The molecule has 96 valence electrons. The molecule has 0 fully saturated rings. The van der Waals surface area contributed by atoms with E-state index in [9.17, 15) is 0 Å². The molecule has 0 amide bonds. The Morgan fingerprint density at radius 1 is 1.11 bits per heavy atom. The maximum atomic E-state index is 5.80. The number of nitrogens with two attached hydrogens (primary N) is 1. The number of hydrogen-bond donors (Lipinski definition) is 2. The number of nitrogens with zero attached hydrogens (tertiary/aromatic N) is 1. The molecule has 0 saturated carbocycles. The van der Waals surface area contributed by atoms with Crippen LogP contribution in [0.4, 0.5) is 5.82 Å². The summed E-state index contributed by atoms with van der Waals surface area (Å²) in [5, 5.41) is 6.75. The highest BCUT2D eigenvalue weighted by Gasteiger charge is 2.04. The first-order valence-electron chi connectivity index (χ1n) is 6.06. The zero-order valence-electron chi connectivity index (χ0n) is 11.1. The van der Waals surface area contributed by atoms with E-state index in [-0.39, 0.29) is 0 Å². The van der Waals surface area contributed by atoms with Gasteiger partial charge >= 0.3 is 0 Å². The predicted octanol–water partition coefficient (Wildman–Crippen LogP) is 2.54. The largest absolute Gasteiger partial charge is 0.493 e. The fourth-order valence-corrected chi connectivity index (χ4v) is 1.87. The lowest BCUT2D eigenvalue weighted by atomic mass is 10.1. The third-order valence-corrected chi connectivity index (χ3v) is 3.07. The van der Waals surface area contributed by atoms with Crippen molar-refractivity contribution in [1.82, 2.24) is 10.2 Å². The van der Waals surface area contributed by atoms with Crippen molar-refractivity contribution in [3.63, 3.8) is 0 Å². The molecule has 18 heavy (non-hydrogen) atoms. The molecule has 4 nitrogen and oxygen atoms in total. The van der Waals surface area contributed by atoms with Crippen molar-refractivity contribution < 1.29 is 4.74 Å². The third-order valence-electron chi connectivity index (χ3n) is 3.07. The van der Waals surface area contributed by atoms with Gasteiger partial charge in [-0.05, 0) is 43.5 Å². The van der Waals surface area contributed by atoms with Crippen molar-refractivity contribution in [2.75, 3.05) is 12.3 Å². The normalized spacial score (nSPS) is 10.6. The first-order valence-corrected chi connectivity index (χ1v) is 6.06. The highest BCUT2D eigenvalue weighted by Crippen LogP contribution is 2.22. The summed E-state index contributed by atoms with van der Waals surface area (Å²) < 4.78 is 5.80. The number of ether oxygens (including phenoxy) is 1. The Kier molecular flexibility index (Phi) is 3.55. The number of hydrogen-bond acceptors (Lipinski definition) is 3. The van der Waals surface area contributed by atoms with E-state index in [1.165, 1.54) is 16.7 Å². The molecule has 1 aromatic heterocycles. The summed E-state index contributed by atoms with van der Waals surface area (Å²) in [6.07, 6.45) is 0.774. The van der Waals surface area contributed by atoms with Crippen LogP contribution in [-0.4, -0.2) is 16.8 Å². The summed E-state index contributed by atoms with van der Waals surface area (Å²) >= 11 is 0. The van der Waals surface area contributed by atoms with Gasteiger partial charge < -0.3 is 10.5 Å². The number of H-pyrrole nitrogens is 1. The molecule has 3 N–H and O–H groups in total. The van der Waals surface area contributed by atoms with Crippen LogP contribution < -0.4 is 10.5 Å². The standard InChI is InChI=1S/C14H19N3O/c1-9-6-11(3)13(7-10(9)2)18-5-4-12-8-14(15)17-16-12/h6-8H,4-5H2,1-3H3,(H3,15,16,17). The number of aryl methyl sites for hydroxylation is 3. The summed E-state index contributed by atoms with van der Waals surface area (Å²) in [7, 11) is 0. The Hall–Kier alpha value is -1.97. The second-order valence-electron chi connectivity index (χ2n) is 4.62. The van der Waals surface area contributed by atoms with Gasteiger partial charge in [-0.1, -0.05) is 6.07 Å². The minimum atomic E-state index is 0.521. The first-order chi connectivity index (χ1) is 8.56. The number of aromatic amines is 1. The van der Waals surface area contributed by atoms with Crippen LogP contribution in [0.15, 0.2) is 18.2 Å². The number of aromatic nitrogens is 2. The van der Waals surface area contributed by atoms with Gasteiger partial charge in [0.1, 0.15) is 11.6 Å². The van der Waals surface area contributed by atoms with Gasteiger partial charge in [-0.2, -0.15) is 5.10 Å². The quantitative estimate of drug-likeness (QED) is 0.870. The van der Waals surface area contributed by atoms with Crippen LogP contribution in [0.25, 0.3) is 0 Å². The maximum absolute atomic E-state index is 5.80. The second-order valence-corrected chi connectivity index (χ2v) is 4.62. The molecule has 0 atom stereocenters. The molecule has 1 aromatic carbocycles. The molecule has 0 bridgehead atoms. The number of nitrogens with one attached hydrogen (secondary N) is 1. The van der Waals surface area contributed by atoms with Crippen molar-refractivity contribution in [2.24, 2.45) is 0 Å². The van der Waals surface area contributed by atoms with Gasteiger partial charge in [0.15, 0.2) is 0 Å².